The van der Waals surface area contributed by atoms with Gasteiger partial charge >= 0.3 is 0 Å². The molecule has 1 aliphatic carbocycles. The van der Waals surface area contributed by atoms with Crippen LogP contribution in [0.25, 0.3) is 0 Å². The van der Waals surface area contributed by atoms with Crippen molar-refractivity contribution in [3.63, 3.8) is 0 Å². The normalized spacial score (nSPS) is 25.7. The van der Waals surface area contributed by atoms with Crippen molar-refractivity contribution < 1.29 is 9.59 Å². The number of piperidine rings is 2. The zero-order chi connectivity index (χ0) is 18.9. The van der Waals surface area contributed by atoms with Crippen LogP contribution in [0.3, 0.4) is 0 Å². The number of hydrogen-bond donors (Lipinski definition) is 1. The van der Waals surface area contributed by atoms with Crippen LogP contribution in [-0.4, -0.2) is 58.0 Å². The minimum Gasteiger partial charge on any atom is -0.342 e. The molecule has 1 aromatic rings. The van der Waals surface area contributed by atoms with E-state index in [4.69, 9.17) is 0 Å². The number of carbonyl (C=O) groups excluding carboxylic acids is 2. The minimum atomic E-state index is 0.0753. The number of likely N-dealkylation sites (tertiary alicyclic amines) is 2. The lowest BCUT2D eigenvalue weighted by atomic mass is 9.73. The molecule has 1 N–H and O–H groups in total. The average Bonchev–Trinajstić information content (AvgIpc) is 3.12. The number of fused-ring (bicyclic) bond motifs is 1. The SMILES string of the molecule is CCCCN1C[C@@]2(CCCN(C(=O)c3n[nH]c4c3CCCC4)C2)CCC1=O. The maximum Gasteiger partial charge on any atom is 0.274 e. The van der Waals surface area contributed by atoms with E-state index in [1.54, 1.807) is 0 Å². The molecule has 1 spiro atoms. The van der Waals surface area contributed by atoms with E-state index in [-0.39, 0.29) is 11.3 Å². The fourth-order valence-corrected chi connectivity index (χ4v) is 5.18. The van der Waals surface area contributed by atoms with Crippen molar-refractivity contribution in [1.29, 1.82) is 0 Å². The van der Waals surface area contributed by atoms with Gasteiger partial charge in [0.1, 0.15) is 0 Å². The van der Waals surface area contributed by atoms with Gasteiger partial charge in [-0.15, -0.1) is 0 Å². The number of rotatable bonds is 4. The highest BCUT2D eigenvalue weighted by Crippen LogP contribution is 2.39. The smallest absolute Gasteiger partial charge is 0.274 e. The first-order valence-corrected chi connectivity index (χ1v) is 10.7. The molecule has 148 valence electrons. The van der Waals surface area contributed by atoms with Crippen molar-refractivity contribution in [1.82, 2.24) is 20.0 Å². The Balaban J connectivity index is 1.48. The van der Waals surface area contributed by atoms with Crippen molar-refractivity contribution in [2.45, 2.75) is 71.1 Å². The molecule has 6 heteroatoms. The molecular formula is C21H32N4O2. The molecule has 0 saturated carbocycles. The van der Waals surface area contributed by atoms with E-state index in [0.29, 0.717) is 18.0 Å². The monoisotopic (exact) mass is 372 g/mol. The second-order valence-electron chi connectivity index (χ2n) is 8.74. The summed E-state index contributed by atoms with van der Waals surface area (Å²) in [7, 11) is 0. The van der Waals surface area contributed by atoms with Crippen LogP contribution in [-0.2, 0) is 17.6 Å². The summed E-state index contributed by atoms with van der Waals surface area (Å²) in [4.78, 5) is 29.6. The van der Waals surface area contributed by atoms with Crippen molar-refractivity contribution in [3.05, 3.63) is 17.0 Å². The summed E-state index contributed by atoms with van der Waals surface area (Å²) in [6.07, 6.45) is 10.1. The minimum absolute atomic E-state index is 0.0753. The standard InChI is InChI=1S/C21H32N4O2/c1-2-3-12-24-14-21(11-9-18(24)26)10-6-13-25(15-21)20(27)19-16-7-4-5-8-17(16)22-23-19/h2-15H2,1H3,(H,22,23)/t21-/m1/s1. The highest BCUT2D eigenvalue weighted by atomic mass is 16.2. The van der Waals surface area contributed by atoms with Crippen LogP contribution in [0.2, 0.25) is 0 Å². The number of aromatic amines is 1. The van der Waals surface area contributed by atoms with Gasteiger partial charge in [0.05, 0.1) is 0 Å². The van der Waals surface area contributed by atoms with E-state index in [2.05, 4.69) is 22.0 Å². The number of H-pyrrole nitrogens is 1. The van der Waals surface area contributed by atoms with Gasteiger partial charge in [0, 0.05) is 49.3 Å². The fraction of sp³-hybridized carbons (Fsp3) is 0.762. The van der Waals surface area contributed by atoms with Gasteiger partial charge in [-0.1, -0.05) is 13.3 Å². The third kappa shape index (κ3) is 3.63. The van der Waals surface area contributed by atoms with Gasteiger partial charge < -0.3 is 9.80 Å². The molecular weight excluding hydrogens is 340 g/mol. The quantitative estimate of drug-likeness (QED) is 0.883. The fourth-order valence-electron chi connectivity index (χ4n) is 5.18. The summed E-state index contributed by atoms with van der Waals surface area (Å²) in [5.74, 6) is 0.379. The third-order valence-corrected chi connectivity index (χ3v) is 6.74. The molecule has 1 aromatic heterocycles. The Morgan fingerprint density at radius 3 is 2.85 bits per heavy atom. The van der Waals surface area contributed by atoms with Crippen LogP contribution >= 0.6 is 0 Å². The summed E-state index contributed by atoms with van der Waals surface area (Å²) in [6.45, 7) is 5.41. The summed E-state index contributed by atoms with van der Waals surface area (Å²) < 4.78 is 0. The number of carbonyl (C=O) groups is 2. The predicted molar refractivity (Wildman–Crippen MR) is 104 cm³/mol. The summed E-state index contributed by atoms with van der Waals surface area (Å²) >= 11 is 0. The number of aryl methyl sites for hydroxylation is 1. The van der Waals surface area contributed by atoms with Crippen LogP contribution in [0.4, 0.5) is 0 Å². The lowest BCUT2D eigenvalue weighted by Gasteiger charge is -2.48. The van der Waals surface area contributed by atoms with E-state index in [1.165, 1.54) is 6.42 Å². The molecule has 2 aliphatic heterocycles. The maximum absolute atomic E-state index is 13.2. The van der Waals surface area contributed by atoms with Gasteiger partial charge in [-0.05, 0) is 51.4 Å². The molecule has 3 aliphatic rings. The molecule has 2 fully saturated rings. The van der Waals surface area contributed by atoms with Gasteiger partial charge in [0.15, 0.2) is 5.69 Å². The van der Waals surface area contributed by atoms with Crippen LogP contribution < -0.4 is 0 Å². The Kier molecular flexibility index (Phi) is 5.24. The average molecular weight is 373 g/mol. The van der Waals surface area contributed by atoms with Crippen LogP contribution in [0, 0.1) is 5.41 Å². The molecule has 27 heavy (non-hydrogen) atoms. The van der Waals surface area contributed by atoms with Crippen molar-refractivity contribution in [3.8, 4) is 0 Å². The van der Waals surface area contributed by atoms with Gasteiger partial charge in [-0.25, -0.2) is 0 Å². The molecule has 1 atom stereocenters. The largest absolute Gasteiger partial charge is 0.342 e. The zero-order valence-corrected chi connectivity index (χ0v) is 16.6. The van der Waals surface area contributed by atoms with Gasteiger partial charge in [-0.3, -0.25) is 14.7 Å². The molecule has 2 saturated heterocycles. The van der Waals surface area contributed by atoms with Crippen LogP contribution in [0.15, 0.2) is 0 Å². The lowest BCUT2D eigenvalue weighted by Crippen LogP contribution is -2.55. The Hall–Kier alpha value is -1.85. The highest BCUT2D eigenvalue weighted by Gasteiger charge is 2.43. The van der Waals surface area contributed by atoms with E-state index in [1.807, 2.05) is 4.90 Å². The number of unbranched alkanes of at least 4 members (excludes halogenated alkanes) is 1. The first-order chi connectivity index (χ1) is 13.1. The molecule has 0 radical (unpaired) electrons. The van der Waals surface area contributed by atoms with Gasteiger partial charge in [0.2, 0.25) is 5.91 Å². The molecule has 3 heterocycles. The summed E-state index contributed by atoms with van der Waals surface area (Å²) in [5.41, 5.74) is 3.03. The van der Waals surface area contributed by atoms with E-state index < -0.39 is 0 Å². The van der Waals surface area contributed by atoms with E-state index in [0.717, 1.165) is 88.8 Å². The summed E-state index contributed by atoms with van der Waals surface area (Å²) in [6, 6.07) is 0. The van der Waals surface area contributed by atoms with E-state index in [9.17, 15) is 9.59 Å². The Bertz CT molecular complexity index is 713. The molecule has 6 nitrogen and oxygen atoms in total. The second kappa shape index (κ2) is 7.64. The lowest BCUT2D eigenvalue weighted by molar-refractivity contribution is -0.139. The number of nitrogens with one attached hydrogen (secondary N) is 1. The Morgan fingerprint density at radius 1 is 1.15 bits per heavy atom. The molecule has 0 aromatic carbocycles. The first kappa shape index (κ1) is 18.5. The first-order valence-electron chi connectivity index (χ1n) is 10.7. The Labute approximate surface area is 161 Å². The molecule has 4 rings (SSSR count). The maximum atomic E-state index is 13.2. The number of aromatic nitrogens is 2. The Morgan fingerprint density at radius 2 is 2.00 bits per heavy atom. The number of hydrogen-bond acceptors (Lipinski definition) is 3. The summed E-state index contributed by atoms with van der Waals surface area (Å²) in [5, 5.41) is 7.50. The van der Waals surface area contributed by atoms with Crippen molar-refractivity contribution in [2.75, 3.05) is 26.2 Å². The van der Waals surface area contributed by atoms with Crippen LogP contribution in [0.1, 0.15) is 80.0 Å². The third-order valence-electron chi connectivity index (χ3n) is 6.74. The van der Waals surface area contributed by atoms with E-state index >= 15 is 0 Å². The van der Waals surface area contributed by atoms with Crippen molar-refractivity contribution >= 4 is 11.8 Å². The van der Waals surface area contributed by atoms with Gasteiger partial charge in [0.25, 0.3) is 5.91 Å². The van der Waals surface area contributed by atoms with Crippen LogP contribution in [0.5, 0.6) is 0 Å². The van der Waals surface area contributed by atoms with Gasteiger partial charge in [-0.2, -0.15) is 5.10 Å². The highest BCUT2D eigenvalue weighted by molar-refractivity contribution is 5.94. The predicted octanol–water partition coefficient (Wildman–Crippen LogP) is 2.93. The zero-order valence-electron chi connectivity index (χ0n) is 16.6. The second-order valence-corrected chi connectivity index (χ2v) is 8.74. The number of nitrogens with zero attached hydrogens (tertiary/aromatic N) is 3. The topological polar surface area (TPSA) is 69.3 Å². The van der Waals surface area contributed by atoms with Crippen molar-refractivity contribution in [2.24, 2.45) is 5.41 Å². The number of amides is 2. The molecule has 0 bridgehead atoms. The molecule has 0 unspecified atom stereocenters. The molecule has 2 amide bonds.